The van der Waals surface area contributed by atoms with Gasteiger partial charge in [0.1, 0.15) is 0 Å². The highest BCUT2D eigenvalue weighted by Crippen LogP contribution is 2.19. The van der Waals surface area contributed by atoms with E-state index in [-0.39, 0.29) is 0 Å². The Kier molecular flexibility index (Phi) is 2.34. The summed E-state index contributed by atoms with van der Waals surface area (Å²) in [6.45, 7) is 2.60. The molecule has 0 saturated carbocycles. The first-order valence-corrected chi connectivity index (χ1v) is 3.79. The Bertz CT molecular complexity index is 152. The lowest BCUT2D eigenvalue weighted by molar-refractivity contribution is -0.0446. The van der Waals surface area contributed by atoms with Gasteiger partial charge in [0, 0.05) is 6.42 Å². The Labute approximate surface area is 65.5 Å². The third kappa shape index (κ3) is 2.38. The number of nitrogens with one attached hydrogen (secondary N) is 1. The minimum Gasteiger partial charge on any atom is -0.450 e. The largest absolute Gasteiger partial charge is 0.507 e. The molecule has 4 nitrogen and oxygen atoms in total. The maximum absolute atomic E-state index is 10.2. The van der Waals surface area contributed by atoms with Crippen molar-refractivity contribution in [3.8, 4) is 0 Å². The molecule has 1 aliphatic rings. The van der Waals surface area contributed by atoms with Crippen molar-refractivity contribution in [2.45, 2.75) is 31.9 Å². The van der Waals surface area contributed by atoms with E-state index in [0.717, 1.165) is 25.8 Å². The number of hydrogen-bond donors (Lipinski definition) is 2. The summed E-state index contributed by atoms with van der Waals surface area (Å²) in [6, 6.07) is 0. The highest BCUT2D eigenvalue weighted by Gasteiger charge is 2.29. The van der Waals surface area contributed by atoms with Crippen LogP contribution in [0.4, 0.5) is 4.79 Å². The number of ether oxygens (including phenoxy) is 1. The summed E-state index contributed by atoms with van der Waals surface area (Å²) in [5, 5.41) is 11.4. The molecule has 0 amide bonds. The lowest BCUT2D eigenvalue weighted by atomic mass is 10.0. The molecule has 0 radical (unpaired) electrons. The van der Waals surface area contributed by atoms with E-state index < -0.39 is 11.9 Å². The number of rotatable bonds is 1. The van der Waals surface area contributed by atoms with E-state index in [1.165, 1.54) is 0 Å². The molecule has 1 aliphatic heterocycles. The first kappa shape index (κ1) is 8.33. The third-order valence-electron chi connectivity index (χ3n) is 1.89. The first-order valence-electron chi connectivity index (χ1n) is 3.79. The summed E-state index contributed by atoms with van der Waals surface area (Å²) < 4.78 is 4.68. The first-order chi connectivity index (χ1) is 5.12. The third-order valence-corrected chi connectivity index (χ3v) is 1.89. The highest BCUT2D eigenvalue weighted by atomic mass is 16.7. The number of carbonyl (C=O) groups is 1. The van der Waals surface area contributed by atoms with Crippen molar-refractivity contribution < 1.29 is 14.6 Å². The van der Waals surface area contributed by atoms with Crippen LogP contribution >= 0.6 is 0 Å². The topological polar surface area (TPSA) is 58.6 Å². The van der Waals surface area contributed by atoms with Crippen LogP contribution in [0.2, 0.25) is 0 Å². The smallest absolute Gasteiger partial charge is 0.450 e. The van der Waals surface area contributed by atoms with E-state index in [9.17, 15) is 4.79 Å². The SMILES string of the molecule is C[C@]1(OC(=O)O)CCCCN1. The molecule has 4 heteroatoms. The van der Waals surface area contributed by atoms with Gasteiger partial charge < -0.3 is 9.84 Å². The molecule has 0 spiro atoms. The van der Waals surface area contributed by atoms with Crippen molar-refractivity contribution in [2.24, 2.45) is 0 Å². The van der Waals surface area contributed by atoms with Crippen LogP contribution in [0, 0.1) is 0 Å². The average molecular weight is 159 g/mol. The van der Waals surface area contributed by atoms with E-state index in [4.69, 9.17) is 5.11 Å². The molecular formula is C7H13NO3. The fraction of sp³-hybridized carbons (Fsp3) is 0.857. The number of hydrogen-bond acceptors (Lipinski definition) is 3. The molecule has 0 aliphatic carbocycles. The molecule has 1 fully saturated rings. The van der Waals surface area contributed by atoms with E-state index in [2.05, 4.69) is 10.1 Å². The Morgan fingerprint density at radius 3 is 2.82 bits per heavy atom. The minimum atomic E-state index is -1.21. The zero-order valence-electron chi connectivity index (χ0n) is 6.59. The molecule has 1 atom stereocenters. The second-order valence-electron chi connectivity index (χ2n) is 2.98. The van der Waals surface area contributed by atoms with Gasteiger partial charge in [0.2, 0.25) is 0 Å². The number of carboxylic acid groups (broad SMARTS) is 1. The summed E-state index contributed by atoms with van der Waals surface area (Å²) in [7, 11) is 0. The maximum atomic E-state index is 10.2. The van der Waals surface area contributed by atoms with Gasteiger partial charge in [-0.2, -0.15) is 0 Å². The van der Waals surface area contributed by atoms with Crippen LogP contribution in [0.1, 0.15) is 26.2 Å². The Hall–Kier alpha value is -0.770. The molecule has 0 aromatic rings. The zero-order valence-corrected chi connectivity index (χ0v) is 6.59. The molecule has 0 aromatic carbocycles. The molecule has 0 unspecified atom stereocenters. The summed E-state index contributed by atoms with van der Waals surface area (Å²) in [5.41, 5.74) is -0.649. The second kappa shape index (κ2) is 3.09. The Morgan fingerprint density at radius 2 is 2.36 bits per heavy atom. The standard InChI is InChI=1S/C7H13NO3/c1-7(11-6(9)10)4-2-3-5-8-7/h8H,2-5H2,1H3,(H,9,10)/t7-/m0/s1. The van der Waals surface area contributed by atoms with Gasteiger partial charge in [-0.25, -0.2) is 4.79 Å². The van der Waals surface area contributed by atoms with Crippen LogP contribution in [0.15, 0.2) is 0 Å². The Morgan fingerprint density at radius 1 is 1.64 bits per heavy atom. The number of piperidine rings is 1. The fourth-order valence-corrected chi connectivity index (χ4v) is 1.31. The van der Waals surface area contributed by atoms with Crippen LogP contribution in [0.5, 0.6) is 0 Å². The van der Waals surface area contributed by atoms with Gasteiger partial charge in [0.25, 0.3) is 0 Å². The molecule has 1 saturated heterocycles. The molecule has 1 rings (SSSR count). The van der Waals surface area contributed by atoms with Gasteiger partial charge in [-0.15, -0.1) is 0 Å². The minimum absolute atomic E-state index is 0.649. The van der Waals surface area contributed by atoms with Crippen LogP contribution in [0.3, 0.4) is 0 Å². The van der Waals surface area contributed by atoms with E-state index in [0.29, 0.717) is 0 Å². The summed E-state index contributed by atoms with van der Waals surface area (Å²) in [4.78, 5) is 10.2. The molecular weight excluding hydrogens is 146 g/mol. The predicted molar refractivity (Wildman–Crippen MR) is 39.4 cm³/mol. The van der Waals surface area contributed by atoms with Crippen molar-refractivity contribution >= 4 is 6.16 Å². The second-order valence-corrected chi connectivity index (χ2v) is 2.98. The van der Waals surface area contributed by atoms with E-state index >= 15 is 0 Å². The quantitative estimate of drug-likeness (QED) is 0.564. The van der Waals surface area contributed by atoms with Crippen molar-refractivity contribution in [1.29, 1.82) is 0 Å². The van der Waals surface area contributed by atoms with Crippen LogP contribution in [-0.4, -0.2) is 23.5 Å². The van der Waals surface area contributed by atoms with Crippen molar-refractivity contribution in [3.63, 3.8) is 0 Å². The van der Waals surface area contributed by atoms with Gasteiger partial charge in [0.15, 0.2) is 5.72 Å². The molecule has 2 N–H and O–H groups in total. The maximum Gasteiger partial charge on any atom is 0.507 e. The highest BCUT2D eigenvalue weighted by molar-refractivity contribution is 5.57. The van der Waals surface area contributed by atoms with E-state index in [1.807, 2.05) is 0 Å². The van der Waals surface area contributed by atoms with Gasteiger partial charge >= 0.3 is 6.16 Å². The summed E-state index contributed by atoms with van der Waals surface area (Å²) in [6.07, 6.45) is 1.68. The lowest BCUT2D eigenvalue weighted by Crippen LogP contribution is -2.49. The molecule has 0 bridgehead atoms. The van der Waals surface area contributed by atoms with Crippen LogP contribution in [-0.2, 0) is 4.74 Å². The van der Waals surface area contributed by atoms with Gasteiger partial charge in [-0.05, 0) is 26.3 Å². The fourth-order valence-electron chi connectivity index (χ4n) is 1.31. The normalized spacial score (nSPS) is 31.4. The zero-order chi connectivity index (χ0) is 8.32. The van der Waals surface area contributed by atoms with Gasteiger partial charge in [-0.3, -0.25) is 5.32 Å². The van der Waals surface area contributed by atoms with Crippen molar-refractivity contribution in [2.75, 3.05) is 6.54 Å². The lowest BCUT2D eigenvalue weighted by Gasteiger charge is -2.32. The van der Waals surface area contributed by atoms with Crippen LogP contribution in [0.25, 0.3) is 0 Å². The summed E-state index contributed by atoms with van der Waals surface area (Å²) in [5.74, 6) is 0. The average Bonchev–Trinajstić information content (AvgIpc) is 1.85. The predicted octanol–water partition coefficient (Wildman–Crippen LogP) is 1.17. The van der Waals surface area contributed by atoms with Crippen molar-refractivity contribution in [1.82, 2.24) is 5.32 Å². The monoisotopic (exact) mass is 159 g/mol. The van der Waals surface area contributed by atoms with Crippen LogP contribution < -0.4 is 5.32 Å². The van der Waals surface area contributed by atoms with E-state index in [1.54, 1.807) is 6.92 Å². The molecule has 0 aromatic heterocycles. The van der Waals surface area contributed by atoms with Crippen molar-refractivity contribution in [3.05, 3.63) is 0 Å². The summed E-state index contributed by atoms with van der Waals surface area (Å²) >= 11 is 0. The molecule has 64 valence electrons. The van der Waals surface area contributed by atoms with Gasteiger partial charge in [-0.1, -0.05) is 0 Å². The molecule has 11 heavy (non-hydrogen) atoms. The Balaban J connectivity index is 2.43. The molecule has 1 heterocycles. The van der Waals surface area contributed by atoms with Gasteiger partial charge in [0.05, 0.1) is 0 Å².